The Bertz CT molecular complexity index is 891. The Morgan fingerprint density at radius 1 is 1.09 bits per heavy atom. The van der Waals surface area contributed by atoms with Crippen molar-refractivity contribution in [2.24, 2.45) is 0 Å². The number of carbonyl (C=O) groups is 2. The fourth-order valence-electron chi connectivity index (χ4n) is 3.34. The molecule has 5 nitrogen and oxygen atoms in total. The summed E-state index contributed by atoms with van der Waals surface area (Å²) in [6.45, 7) is 10.6. The highest BCUT2D eigenvalue weighted by molar-refractivity contribution is 5.88. The fourth-order valence-corrected chi connectivity index (χ4v) is 3.34. The number of ether oxygens (including phenoxy) is 1. The summed E-state index contributed by atoms with van der Waals surface area (Å²) >= 11 is 0. The summed E-state index contributed by atoms with van der Waals surface area (Å²) in [6, 6.07) is 12.9. The smallest absolute Gasteiger partial charge is 0.261 e. The van der Waals surface area contributed by atoms with Crippen LogP contribution in [-0.2, 0) is 21.5 Å². The molecule has 0 saturated heterocycles. The third kappa shape index (κ3) is 7.36. The maximum Gasteiger partial charge on any atom is 0.261 e. The van der Waals surface area contributed by atoms with Gasteiger partial charge in [0.05, 0.1) is 0 Å². The molecule has 32 heavy (non-hydrogen) atoms. The summed E-state index contributed by atoms with van der Waals surface area (Å²) in [5.41, 5.74) is 1.60. The lowest BCUT2D eigenvalue weighted by atomic mass is 9.86. The average molecular weight is 443 g/mol. The summed E-state index contributed by atoms with van der Waals surface area (Å²) in [6.07, 6.45) is 1.84. The summed E-state index contributed by atoms with van der Waals surface area (Å²) in [5, 5.41) is 2.88. The normalized spacial score (nSPS) is 12.2. The van der Waals surface area contributed by atoms with Crippen LogP contribution in [0.3, 0.4) is 0 Å². The summed E-state index contributed by atoms with van der Waals surface area (Å²) in [7, 11) is 0. The second-order valence-electron chi connectivity index (χ2n) is 9.00. The minimum absolute atomic E-state index is 0.139. The van der Waals surface area contributed by atoms with Crippen LogP contribution in [0.5, 0.6) is 5.75 Å². The molecule has 0 aliphatic carbocycles. The second kappa shape index (κ2) is 11.7. The van der Waals surface area contributed by atoms with Gasteiger partial charge in [-0.25, -0.2) is 4.39 Å². The lowest BCUT2D eigenvalue weighted by Crippen LogP contribution is -2.49. The van der Waals surface area contributed by atoms with Crippen molar-refractivity contribution in [1.29, 1.82) is 0 Å². The number of para-hydroxylation sites is 1. The fraction of sp³-hybridized carbons (Fsp3) is 0.462. The zero-order chi connectivity index (χ0) is 23.7. The Morgan fingerprint density at radius 2 is 1.75 bits per heavy atom. The molecule has 0 spiro atoms. The number of nitrogens with zero attached hydrogens (tertiary/aromatic N) is 1. The van der Waals surface area contributed by atoms with Crippen molar-refractivity contribution in [3.8, 4) is 5.75 Å². The van der Waals surface area contributed by atoms with Crippen LogP contribution in [0.15, 0.2) is 48.5 Å². The summed E-state index contributed by atoms with van der Waals surface area (Å²) < 4.78 is 19.2. The van der Waals surface area contributed by atoms with Crippen molar-refractivity contribution in [1.82, 2.24) is 10.2 Å². The van der Waals surface area contributed by atoms with Crippen molar-refractivity contribution in [2.45, 2.75) is 65.5 Å². The molecule has 2 aromatic carbocycles. The lowest BCUT2D eigenvalue weighted by Gasteiger charge is -2.29. The van der Waals surface area contributed by atoms with Gasteiger partial charge >= 0.3 is 0 Å². The van der Waals surface area contributed by atoms with Crippen molar-refractivity contribution in [3.63, 3.8) is 0 Å². The molecule has 0 aromatic heterocycles. The van der Waals surface area contributed by atoms with Gasteiger partial charge in [-0.15, -0.1) is 0 Å². The first kappa shape index (κ1) is 25.4. The van der Waals surface area contributed by atoms with E-state index in [9.17, 15) is 14.0 Å². The van der Waals surface area contributed by atoms with Gasteiger partial charge in [-0.2, -0.15) is 0 Å². The highest BCUT2D eigenvalue weighted by atomic mass is 19.1. The Kier molecular flexibility index (Phi) is 9.24. The van der Waals surface area contributed by atoms with Gasteiger partial charge in [0.1, 0.15) is 17.6 Å². The molecule has 2 amide bonds. The van der Waals surface area contributed by atoms with Crippen LogP contribution in [0.4, 0.5) is 4.39 Å². The van der Waals surface area contributed by atoms with Crippen molar-refractivity contribution >= 4 is 11.8 Å². The Hall–Kier alpha value is -2.89. The SMILES string of the molecule is CCCCNC(=O)[C@H](C)N(Cc1ccc(F)cc1)C(=O)COc1ccccc1C(C)(C)C. The number of carbonyl (C=O) groups excluding carboxylic acids is 2. The molecule has 0 aliphatic heterocycles. The average Bonchev–Trinajstić information content (AvgIpc) is 2.76. The molecular weight excluding hydrogens is 407 g/mol. The third-order valence-electron chi connectivity index (χ3n) is 5.31. The molecule has 0 unspecified atom stereocenters. The first-order valence-electron chi connectivity index (χ1n) is 11.2. The van der Waals surface area contributed by atoms with E-state index in [1.54, 1.807) is 19.1 Å². The largest absolute Gasteiger partial charge is 0.483 e. The molecule has 0 fully saturated rings. The first-order chi connectivity index (χ1) is 15.1. The molecule has 1 N–H and O–H groups in total. The number of hydrogen-bond acceptors (Lipinski definition) is 3. The highest BCUT2D eigenvalue weighted by Gasteiger charge is 2.27. The topological polar surface area (TPSA) is 58.6 Å². The minimum Gasteiger partial charge on any atom is -0.483 e. The molecule has 6 heteroatoms. The second-order valence-corrected chi connectivity index (χ2v) is 9.00. The number of halogens is 1. The van der Waals surface area contributed by atoms with Gasteiger partial charge < -0.3 is 15.0 Å². The van der Waals surface area contributed by atoms with Gasteiger partial charge in [0.15, 0.2) is 6.61 Å². The predicted molar refractivity (Wildman–Crippen MR) is 125 cm³/mol. The van der Waals surface area contributed by atoms with Crippen molar-refractivity contribution in [3.05, 3.63) is 65.5 Å². The van der Waals surface area contributed by atoms with E-state index in [1.165, 1.54) is 17.0 Å². The van der Waals surface area contributed by atoms with Gasteiger partial charge in [-0.1, -0.05) is 64.4 Å². The van der Waals surface area contributed by atoms with Crippen LogP contribution < -0.4 is 10.1 Å². The van der Waals surface area contributed by atoms with E-state index in [-0.39, 0.29) is 36.2 Å². The van der Waals surface area contributed by atoms with E-state index in [2.05, 4.69) is 26.1 Å². The molecule has 0 saturated carbocycles. The standard InChI is InChI=1S/C26H35FN2O3/c1-6-7-16-28-25(31)19(2)29(17-20-12-14-21(27)15-13-20)24(30)18-32-23-11-9-8-10-22(23)26(3,4)5/h8-15,19H,6-7,16-18H2,1-5H3,(H,28,31)/t19-/m0/s1. The van der Waals surface area contributed by atoms with Gasteiger partial charge in [-0.05, 0) is 48.1 Å². The maximum atomic E-state index is 13.3. The quantitative estimate of drug-likeness (QED) is 0.536. The molecule has 0 aliphatic rings. The van der Waals surface area contributed by atoms with Crippen LogP contribution in [0.1, 0.15) is 58.6 Å². The van der Waals surface area contributed by atoms with Gasteiger partial charge in [0, 0.05) is 13.1 Å². The molecular formula is C26H35FN2O3. The van der Waals surface area contributed by atoms with E-state index in [4.69, 9.17) is 4.74 Å². The molecule has 0 bridgehead atoms. The minimum atomic E-state index is -0.689. The Morgan fingerprint density at radius 3 is 2.38 bits per heavy atom. The number of unbranched alkanes of at least 4 members (excludes halogenated alkanes) is 1. The van der Waals surface area contributed by atoms with Crippen LogP contribution >= 0.6 is 0 Å². The van der Waals surface area contributed by atoms with Gasteiger partial charge in [-0.3, -0.25) is 9.59 Å². The van der Waals surface area contributed by atoms with Gasteiger partial charge in [0.25, 0.3) is 5.91 Å². The van der Waals surface area contributed by atoms with E-state index >= 15 is 0 Å². The highest BCUT2D eigenvalue weighted by Crippen LogP contribution is 2.31. The van der Waals surface area contributed by atoms with Crippen molar-refractivity contribution in [2.75, 3.05) is 13.2 Å². The Labute approximate surface area is 191 Å². The van der Waals surface area contributed by atoms with Crippen LogP contribution in [0, 0.1) is 5.82 Å². The van der Waals surface area contributed by atoms with E-state index in [0.717, 1.165) is 24.0 Å². The number of rotatable bonds is 10. The summed E-state index contributed by atoms with van der Waals surface area (Å²) in [4.78, 5) is 27.3. The number of nitrogens with one attached hydrogen (secondary N) is 1. The molecule has 0 heterocycles. The monoisotopic (exact) mass is 442 g/mol. The van der Waals surface area contributed by atoms with Crippen LogP contribution in [-0.4, -0.2) is 35.9 Å². The predicted octanol–water partition coefficient (Wildman–Crippen LogP) is 4.84. The first-order valence-corrected chi connectivity index (χ1v) is 11.2. The van der Waals surface area contributed by atoms with Crippen LogP contribution in [0.2, 0.25) is 0 Å². The van der Waals surface area contributed by atoms with Crippen molar-refractivity contribution < 1.29 is 18.7 Å². The zero-order valence-electron chi connectivity index (χ0n) is 19.8. The van der Waals surface area contributed by atoms with Crippen LogP contribution in [0.25, 0.3) is 0 Å². The third-order valence-corrected chi connectivity index (χ3v) is 5.31. The van der Waals surface area contributed by atoms with E-state index < -0.39 is 6.04 Å². The number of amides is 2. The number of benzene rings is 2. The molecule has 174 valence electrons. The molecule has 2 aromatic rings. The van der Waals surface area contributed by atoms with E-state index in [1.807, 2.05) is 31.2 Å². The lowest BCUT2D eigenvalue weighted by molar-refractivity contribution is -0.142. The van der Waals surface area contributed by atoms with E-state index in [0.29, 0.717) is 12.3 Å². The molecule has 1 atom stereocenters. The van der Waals surface area contributed by atoms with Gasteiger partial charge in [0.2, 0.25) is 5.91 Å². The summed E-state index contributed by atoms with van der Waals surface area (Å²) in [5.74, 6) is -0.227. The Balaban J connectivity index is 2.18. The zero-order valence-corrected chi connectivity index (χ0v) is 19.8. The molecule has 0 radical (unpaired) electrons. The number of hydrogen-bond donors (Lipinski definition) is 1. The molecule has 2 rings (SSSR count). The maximum absolute atomic E-state index is 13.3.